The van der Waals surface area contributed by atoms with Crippen molar-refractivity contribution in [2.45, 2.75) is 0 Å². The first-order chi connectivity index (χ1) is 23.2. The molecule has 0 aromatic heterocycles. The Labute approximate surface area is 275 Å². The number of hydrogen-bond donors (Lipinski definition) is 0. The van der Waals surface area contributed by atoms with E-state index in [0.717, 1.165) is 49.7 Å². The van der Waals surface area contributed by atoms with E-state index in [1.165, 1.54) is 15.6 Å². The highest BCUT2D eigenvalue weighted by atomic mass is 31.2. The van der Waals surface area contributed by atoms with Crippen LogP contribution in [0.4, 0.5) is 17.1 Å². The molecule has 2 aliphatic rings. The third-order valence-corrected chi connectivity index (χ3v) is 18.0. The van der Waals surface area contributed by atoms with E-state index in [2.05, 4.69) is 114 Å². The first-order valence-electron chi connectivity index (χ1n) is 15.9. The first kappa shape index (κ1) is 27.9. The number of rotatable bonds is 4. The van der Waals surface area contributed by atoms with Crippen molar-refractivity contribution in [3.8, 4) is 11.5 Å². The maximum atomic E-state index is 16.1. The molecular formula is C42H30NO2PSi. The summed E-state index contributed by atoms with van der Waals surface area (Å²) in [4.78, 5) is 2.29. The molecule has 1 unspecified atom stereocenters. The summed E-state index contributed by atoms with van der Waals surface area (Å²) in [6.07, 6.45) is 0. The van der Waals surface area contributed by atoms with Gasteiger partial charge in [-0.05, 0) is 63.2 Å². The van der Waals surface area contributed by atoms with Crippen molar-refractivity contribution in [2.24, 2.45) is 0 Å². The van der Waals surface area contributed by atoms with Crippen LogP contribution in [0.15, 0.2) is 182 Å². The summed E-state index contributed by atoms with van der Waals surface area (Å²) in [6, 6.07) is 63.4. The Hall–Kier alpha value is -5.41. The highest BCUT2D eigenvalue weighted by Gasteiger charge is 2.53. The van der Waals surface area contributed by atoms with Crippen LogP contribution in [0.1, 0.15) is 0 Å². The highest BCUT2D eigenvalue weighted by molar-refractivity contribution is 7.87. The van der Waals surface area contributed by atoms with E-state index in [4.69, 9.17) is 4.74 Å². The van der Waals surface area contributed by atoms with Gasteiger partial charge in [-0.2, -0.15) is 0 Å². The van der Waals surface area contributed by atoms with Crippen molar-refractivity contribution in [3.63, 3.8) is 0 Å². The normalized spacial score (nSPS) is 17.0. The zero-order chi connectivity index (χ0) is 31.4. The fraction of sp³-hybridized carbons (Fsp3) is 0. The zero-order valence-corrected chi connectivity index (χ0v) is 27.4. The monoisotopic (exact) mass is 639 g/mol. The van der Waals surface area contributed by atoms with Gasteiger partial charge in [0.25, 0.3) is 0 Å². The molecule has 9 rings (SSSR count). The molecule has 0 N–H and O–H groups in total. The lowest BCUT2D eigenvalue weighted by molar-refractivity contribution is 0.477. The van der Waals surface area contributed by atoms with Crippen LogP contribution in [0.2, 0.25) is 0 Å². The lowest BCUT2D eigenvalue weighted by atomic mass is 10.1. The summed E-state index contributed by atoms with van der Waals surface area (Å²) < 4.78 is 22.5. The van der Waals surface area contributed by atoms with Crippen LogP contribution < -0.4 is 46.3 Å². The summed E-state index contributed by atoms with van der Waals surface area (Å²) >= 11 is 0. The van der Waals surface area contributed by atoms with Gasteiger partial charge in [0.05, 0.1) is 11.4 Å². The molecule has 2 heterocycles. The van der Waals surface area contributed by atoms with Crippen LogP contribution in [0, 0.1) is 0 Å². The van der Waals surface area contributed by atoms with Gasteiger partial charge in [-0.3, -0.25) is 0 Å². The lowest BCUT2D eigenvalue weighted by Gasteiger charge is -2.44. The molecule has 47 heavy (non-hydrogen) atoms. The highest BCUT2D eigenvalue weighted by Crippen LogP contribution is 2.51. The number of anilines is 3. The van der Waals surface area contributed by atoms with Crippen LogP contribution in [0.3, 0.4) is 0 Å². The second-order valence-electron chi connectivity index (χ2n) is 12.0. The molecule has 0 saturated heterocycles. The zero-order valence-electron chi connectivity index (χ0n) is 25.5. The Morgan fingerprint density at radius 3 is 1.57 bits per heavy atom. The Morgan fingerprint density at radius 1 is 0.468 bits per heavy atom. The Morgan fingerprint density at radius 2 is 0.957 bits per heavy atom. The minimum absolute atomic E-state index is 0.804. The SMILES string of the molecule is O=P1(c2ccccc2)c2ccccc2[Si](c2ccccc2)(c2ccccc2)c2cc(N3c4ccccc4Oc4ccccc43)ccc21. The molecule has 2 aliphatic heterocycles. The minimum atomic E-state index is -3.27. The first-order valence-corrected chi connectivity index (χ1v) is 19.6. The summed E-state index contributed by atoms with van der Waals surface area (Å²) in [5, 5.41) is 7.57. The average Bonchev–Trinajstić information content (AvgIpc) is 3.15. The number of fused-ring (bicyclic) bond motifs is 4. The molecule has 0 spiro atoms. The van der Waals surface area contributed by atoms with E-state index in [9.17, 15) is 0 Å². The van der Waals surface area contributed by atoms with E-state index < -0.39 is 15.2 Å². The van der Waals surface area contributed by atoms with Crippen molar-refractivity contribution in [3.05, 3.63) is 182 Å². The number of nitrogens with zero attached hydrogens (tertiary/aromatic N) is 1. The standard InChI is InChI=1S/C42H30NO2PSi/c44-46(32-16-4-1-5-17-32)39-26-14-15-27-41(39)47(33-18-6-2-7-19-33,34-20-8-3-9-21-34)42-30-31(28-29-40(42)46)43-35-22-10-12-24-37(35)45-38-25-13-11-23-36(38)43/h1-30H. The maximum Gasteiger partial charge on any atom is 0.181 e. The molecule has 224 valence electrons. The molecular weight excluding hydrogens is 610 g/mol. The Kier molecular flexibility index (Phi) is 6.43. The van der Waals surface area contributed by atoms with Crippen LogP contribution in [-0.4, -0.2) is 8.07 Å². The van der Waals surface area contributed by atoms with Gasteiger partial charge in [0.2, 0.25) is 0 Å². The number of hydrogen-bond acceptors (Lipinski definition) is 3. The second-order valence-corrected chi connectivity index (χ2v) is 18.4. The van der Waals surface area contributed by atoms with Gasteiger partial charge >= 0.3 is 0 Å². The average molecular weight is 640 g/mol. The summed E-state index contributed by atoms with van der Waals surface area (Å²) in [7, 11) is -6.27. The summed E-state index contributed by atoms with van der Waals surface area (Å²) in [5.74, 6) is 1.61. The summed E-state index contributed by atoms with van der Waals surface area (Å²) in [6.45, 7) is 0. The summed E-state index contributed by atoms with van der Waals surface area (Å²) in [5.41, 5.74) is 2.95. The minimum Gasteiger partial charge on any atom is -0.453 e. The molecule has 7 aromatic rings. The largest absolute Gasteiger partial charge is 0.453 e. The molecule has 0 amide bonds. The van der Waals surface area contributed by atoms with Crippen molar-refractivity contribution >= 4 is 68.9 Å². The molecule has 3 nitrogen and oxygen atoms in total. The molecule has 0 aliphatic carbocycles. The van der Waals surface area contributed by atoms with E-state index >= 15 is 4.57 Å². The predicted octanol–water partition coefficient (Wildman–Crippen LogP) is 6.59. The van der Waals surface area contributed by atoms with Crippen molar-refractivity contribution in [2.75, 3.05) is 4.90 Å². The Balaban J connectivity index is 1.43. The van der Waals surface area contributed by atoms with Gasteiger partial charge in [0, 0.05) is 21.6 Å². The quantitative estimate of drug-likeness (QED) is 0.161. The number of benzene rings is 7. The molecule has 7 aromatic carbocycles. The van der Waals surface area contributed by atoms with Crippen molar-refractivity contribution in [1.29, 1.82) is 0 Å². The predicted molar refractivity (Wildman–Crippen MR) is 198 cm³/mol. The van der Waals surface area contributed by atoms with Crippen LogP contribution in [0.25, 0.3) is 0 Å². The molecule has 0 fully saturated rings. The van der Waals surface area contributed by atoms with E-state index in [-0.39, 0.29) is 0 Å². The van der Waals surface area contributed by atoms with Gasteiger partial charge in [0.15, 0.2) is 26.7 Å². The van der Waals surface area contributed by atoms with Gasteiger partial charge in [0.1, 0.15) is 0 Å². The lowest BCUT2D eigenvalue weighted by Crippen LogP contribution is -2.82. The molecule has 0 bridgehead atoms. The fourth-order valence-electron chi connectivity index (χ4n) is 7.64. The van der Waals surface area contributed by atoms with E-state index in [1.54, 1.807) is 0 Å². The number of para-hydroxylation sites is 4. The van der Waals surface area contributed by atoms with E-state index in [1.807, 2.05) is 72.8 Å². The van der Waals surface area contributed by atoms with Crippen LogP contribution >= 0.6 is 7.14 Å². The van der Waals surface area contributed by atoms with E-state index in [0.29, 0.717) is 0 Å². The number of ether oxygens (including phenoxy) is 1. The third kappa shape index (κ3) is 4.02. The maximum absolute atomic E-state index is 16.1. The Bertz CT molecular complexity index is 2240. The van der Waals surface area contributed by atoms with Gasteiger partial charge < -0.3 is 14.2 Å². The van der Waals surface area contributed by atoms with Crippen molar-refractivity contribution in [1.82, 2.24) is 0 Å². The van der Waals surface area contributed by atoms with Crippen LogP contribution in [0.5, 0.6) is 11.5 Å². The van der Waals surface area contributed by atoms with Crippen molar-refractivity contribution < 1.29 is 9.30 Å². The third-order valence-electron chi connectivity index (χ3n) is 9.59. The van der Waals surface area contributed by atoms with Gasteiger partial charge in [-0.15, -0.1) is 0 Å². The second kappa shape index (κ2) is 10.8. The van der Waals surface area contributed by atoms with Crippen LogP contribution in [-0.2, 0) is 4.57 Å². The smallest absolute Gasteiger partial charge is 0.181 e. The molecule has 0 saturated carbocycles. The van der Waals surface area contributed by atoms with Gasteiger partial charge in [-0.1, -0.05) is 140 Å². The molecule has 1 atom stereocenters. The fourth-order valence-corrected chi connectivity index (χ4v) is 17.3. The topological polar surface area (TPSA) is 29.5 Å². The van der Waals surface area contributed by atoms with Gasteiger partial charge in [-0.25, -0.2) is 0 Å². The molecule has 0 radical (unpaired) electrons. The molecule has 5 heteroatoms.